The Kier molecular flexibility index (Phi) is 5.59. The zero-order valence-electron chi connectivity index (χ0n) is 15.8. The summed E-state index contributed by atoms with van der Waals surface area (Å²) in [7, 11) is -3.20. The molecule has 8 heteroatoms. The Hall–Kier alpha value is -2.45. The molecule has 1 aliphatic rings. The highest BCUT2D eigenvalue weighted by atomic mass is 32.2. The van der Waals surface area contributed by atoms with Crippen molar-refractivity contribution in [3.05, 3.63) is 54.4 Å². The first-order valence-electron chi connectivity index (χ1n) is 9.71. The number of anilines is 1. The van der Waals surface area contributed by atoms with Crippen LogP contribution in [0.3, 0.4) is 0 Å². The third-order valence-corrected chi connectivity index (χ3v) is 7.23. The lowest BCUT2D eigenvalue weighted by Crippen LogP contribution is -2.41. The number of benzene rings is 1. The first-order valence-corrected chi connectivity index (χ1v) is 11.3. The molecule has 0 amide bonds. The lowest BCUT2D eigenvalue weighted by molar-refractivity contribution is -0.347. The molecule has 0 spiro atoms. The van der Waals surface area contributed by atoms with Crippen molar-refractivity contribution in [2.24, 2.45) is 5.92 Å². The van der Waals surface area contributed by atoms with E-state index in [1.807, 2.05) is 42.5 Å². The Bertz CT molecular complexity index is 1010. The van der Waals surface area contributed by atoms with E-state index < -0.39 is 10.0 Å². The topological polar surface area (TPSA) is 92.2 Å². The molecule has 1 fully saturated rings. The largest absolute Gasteiger partial charge is 0.356 e. The molecule has 1 saturated heterocycles. The van der Waals surface area contributed by atoms with Gasteiger partial charge in [0, 0.05) is 25.7 Å². The molecule has 3 N–H and O–H groups in total. The van der Waals surface area contributed by atoms with E-state index in [-0.39, 0.29) is 5.75 Å². The number of sulfonamides is 1. The minimum atomic E-state index is -3.20. The molecule has 0 bridgehead atoms. The van der Waals surface area contributed by atoms with Gasteiger partial charge in [-0.25, -0.2) is 17.7 Å². The fourth-order valence-electron chi connectivity index (χ4n) is 3.63. The Labute approximate surface area is 165 Å². The Morgan fingerprint density at radius 2 is 1.93 bits per heavy atom. The van der Waals surface area contributed by atoms with E-state index in [4.69, 9.17) is 0 Å². The predicted molar refractivity (Wildman–Crippen MR) is 109 cm³/mol. The van der Waals surface area contributed by atoms with Crippen molar-refractivity contribution in [1.29, 1.82) is 0 Å². The molecule has 7 nitrogen and oxygen atoms in total. The van der Waals surface area contributed by atoms with Crippen LogP contribution in [0.25, 0.3) is 11.2 Å². The molecule has 1 aliphatic heterocycles. The van der Waals surface area contributed by atoms with E-state index in [1.165, 1.54) is 0 Å². The van der Waals surface area contributed by atoms with E-state index >= 15 is 0 Å². The lowest BCUT2D eigenvalue weighted by atomic mass is 9.98. The SMILES string of the molecule is O=S(=O)(CCc1ccccc1)N1CCC(CNc2ccc3[nH]c[nH+]c3n2)CC1. The molecule has 28 heavy (non-hydrogen) atoms. The average Bonchev–Trinajstić information content (AvgIpc) is 3.20. The second-order valence-corrected chi connectivity index (χ2v) is 9.39. The summed E-state index contributed by atoms with van der Waals surface area (Å²) in [6, 6.07) is 13.7. The molecule has 148 valence electrons. The molecular weight excluding hydrogens is 374 g/mol. The van der Waals surface area contributed by atoms with Crippen molar-refractivity contribution >= 4 is 27.0 Å². The highest BCUT2D eigenvalue weighted by Crippen LogP contribution is 2.21. The fraction of sp³-hybridized carbons (Fsp3) is 0.400. The van der Waals surface area contributed by atoms with Crippen LogP contribution in [0.1, 0.15) is 18.4 Å². The number of aryl methyl sites for hydroxylation is 1. The fourth-order valence-corrected chi connectivity index (χ4v) is 5.15. The maximum absolute atomic E-state index is 12.6. The van der Waals surface area contributed by atoms with Crippen molar-refractivity contribution in [3.8, 4) is 0 Å². The number of aromatic nitrogens is 3. The molecule has 3 aromatic rings. The van der Waals surface area contributed by atoms with Gasteiger partial charge in [0.1, 0.15) is 0 Å². The smallest absolute Gasteiger partial charge is 0.301 e. The Balaban J connectivity index is 1.25. The third kappa shape index (κ3) is 4.51. The van der Waals surface area contributed by atoms with E-state index in [1.54, 1.807) is 10.6 Å². The standard InChI is InChI=1S/C20H25N5O2S/c26-28(27,13-10-16-4-2-1-3-5-16)25-11-8-17(9-12-25)14-21-19-7-6-18-20(24-19)23-15-22-18/h1-7,15,17H,8-14H2,(H2,21,22,23,24)/p+1. The molecule has 0 radical (unpaired) electrons. The van der Waals surface area contributed by atoms with Crippen LogP contribution in [0.5, 0.6) is 0 Å². The van der Waals surface area contributed by atoms with Gasteiger partial charge in [-0.05, 0) is 36.8 Å². The van der Waals surface area contributed by atoms with Crippen molar-refractivity contribution < 1.29 is 13.4 Å². The molecule has 0 unspecified atom stereocenters. The number of hydrogen-bond acceptors (Lipinski definition) is 4. The highest BCUT2D eigenvalue weighted by Gasteiger charge is 2.27. The molecule has 4 rings (SSSR count). The maximum atomic E-state index is 12.6. The molecule has 1 aromatic carbocycles. The molecule has 0 aliphatic carbocycles. The normalized spacial score (nSPS) is 16.4. The minimum Gasteiger partial charge on any atom is -0.356 e. The minimum absolute atomic E-state index is 0.178. The maximum Gasteiger partial charge on any atom is 0.301 e. The summed E-state index contributed by atoms with van der Waals surface area (Å²) in [6.07, 6.45) is 4.07. The van der Waals surface area contributed by atoms with Crippen LogP contribution in [0, 0.1) is 5.92 Å². The second-order valence-electron chi connectivity index (χ2n) is 7.30. The van der Waals surface area contributed by atoms with Gasteiger partial charge < -0.3 is 5.32 Å². The van der Waals surface area contributed by atoms with Gasteiger partial charge in [0.15, 0.2) is 11.8 Å². The highest BCUT2D eigenvalue weighted by molar-refractivity contribution is 7.89. The van der Waals surface area contributed by atoms with Crippen LogP contribution in [0.15, 0.2) is 48.8 Å². The number of imidazole rings is 1. The zero-order chi connectivity index (χ0) is 19.4. The number of rotatable bonds is 7. The van der Waals surface area contributed by atoms with Gasteiger partial charge in [0.2, 0.25) is 15.8 Å². The molecule has 2 aromatic heterocycles. The molecule has 0 saturated carbocycles. The van der Waals surface area contributed by atoms with Gasteiger partial charge in [-0.1, -0.05) is 35.3 Å². The lowest BCUT2D eigenvalue weighted by Gasteiger charge is -2.31. The first kappa shape index (κ1) is 18.9. The summed E-state index contributed by atoms with van der Waals surface area (Å²) in [5.41, 5.74) is 2.86. The number of nitrogens with one attached hydrogen (secondary N) is 3. The van der Waals surface area contributed by atoms with Gasteiger partial charge in [-0.2, -0.15) is 0 Å². The van der Waals surface area contributed by atoms with Crippen LogP contribution in [0.4, 0.5) is 5.82 Å². The number of nitrogens with zero attached hydrogens (tertiary/aromatic N) is 2. The van der Waals surface area contributed by atoms with Gasteiger partial charge in [0.05, 0.1) is 5.75 Å². The second kappa shape index (κ2) is 8.28. The van der Waals surface area contributed by atoms with Gasteiger partial charge >= 0.3 is 5.65 Å². The number of piperidine rings is 1. The van der Waals surface area contributed by atoms with Crippen molar-refractivity contribution in [2.45, 2.75) is 19.3 Å². The van der Waals surface area contributed by atoms with Crippen LogP contribution in [0.2, 0.25) is 0 Å². The van der Waals surface area contributed by atoms with Crippen LogP contribution >= 0.6 is 0 Å². The summed E-state index contributed by atoms with van der Waals surface area (Å²) < 4.78 is 26.9. The number of pyridine rings is 1. The summed E-state index contributed by atoms with van der Waals surface area (Å²) in [6.45, 7) is 2.00. The number of hydrogen-bond donors (Lipinski definition) is 2. The van der Waals surface area contributed by atoms with Crippen molar-refractivity contribution in [2.75, 3.05) is 30.7 Å². The van der Waals surface area contributed by atoms with E-state index in [9.17, 15) is 8.42 Å². The van der Waals surface area contributed by atoms with Gasteiger partial charge in [-0.3, -0.25) is 4.98 Å². The Morgan fingerprint density at radius 1 is 1.14 bits per heavy atom. The first-order chi connectivity index (χ1) is 13.6. The average molecular weight is 401 g/mol. The summed E-state index contributed by atoms with van der Waals surface area (Å²) in [5.74, 6) is 1.46. The zero-order valence-corrected chi connectivity index (χ0v) is 16.6. The summed E-state index contributed by atoms with van der Waals surface area (Å²) >= 11 is 0. The predicted octanol–water partition coefficient (Wildman–Crippen LogP) is 2.07. The monoisotopic (exact) mass is 400 g/mol. The van der Waals surface area contributed by atoms with Gasteiger partial charge in [-0.15, -0.1) is 0 Å². The van der Waals surface area contributed by atoms with E-state index in [0.29, 0.717) is 25.4 Å². The quantitative estimate of drug-likeness (QED) is 0.635. The van der Waals surface area contributed by atoms with Crippen LogP contribution in [-0.4, -0.2) is 48.1 Å². The van der Waals surface area contributed by atoms with Gasteiger partial charge in [0.25, 0.3) is 0 Å². The summed E-state index contributed by atoms with van der Waals surface area (Å²) in [4.78, 5) is 10.7. The molecule has 3 heterocycles. The molecular formula is C20H26N5O2S+. The number of aromatic amines is 2. The third-order valence-electron chi connectivity index (χ3n) is 5.36. The number of H-pyrrole nitrogens is 2. The van der Waals surface area contributed by atoms with E-state index in [0.717, 1.165) is 41.9 Å². The van der Waals surface area contributed by atoms with Crippen molar-refractivity contribution in [3.63, 3.8) is 0 Å². The number of fused-ring (bicyclic) bond motifs is 1. The van der Waals surface area contributed by atoms with E-state index in [2.05, 4.69) is 20.3 Å². The Morgan fingerprint density at radius 3 is 2.71 bits per heavy atom. The van der Waals surface area contributed by atoms with Crippen LogP contribution < -0.4 is 10.3 Å². The van der Waals surface area contributed by atoms with Crippen LogP contribution in [-0.2, 0) is 16.4 Å². The summed E-state index contributed by atoms with van der Waals surface area (Å²) in [5, 5.41) is 3.38. The molecule has 0 atom stereocenters. The van der Waals surface area contributed by atoms with Crippen molar-refractivity contribution in [1.82, 2.24) is 14.3 Å².